The summed E-state index contributed by atoms with van der Waals surface area (Å²) in [6, 6.07) is 16.2. The standard InChI is InChI=1S/C18H14N4O3/c1-2-25-17(24)15-20-22(12-8-4-3-5-9-12)18-19-16(23)13-10-6-7-11-14(13)21(15)18/h3-11H,2H2,1H3. The number of benzene rings is 2. The molecule has 0 amide bonds. The molecule has 7 nitrogen and oxygen atoms in total. The third kappa shape index (κ3) is 2.37. The second-order valence-corrected chi connectivity index (χ2v) is 5.36. The molecule has 0 aliphatic carbocycles. The molecule has 0 aliphatic rings. The SMILES string of the molecule is CCOC(=O)c1nn(-c2ccccc2)c2nc(=O)c3ccccc3n12. The van der Waals surface area contributed by atoms with Crippen LogP contribution in [0.15, 0.2) is 59.4 Å². The number of fused-ring (bicyclic) bond motifs is 3. The Balaban J connectivity index is 2.15. The molecule has 4 aromatic rings. The van der Waals surface area contributed by atoms with Gasteiger partial charge in [0.25, 0.3) is 5.56 Å². The fourth-order valence-electron chi connectivity index (χ4n) is 2.76. The number of ether oxygens (including phenoxy) is 1. The second-order valence-electron chi connectivity index (χ2n) is 5.36. The van der Waals surface area contributed by atoms with Gasteiger partial charge in [-0.3, -0.25) is 9.20 Å². The summed E-state index contributed by atoms with van der Waals surface area (Å²) >= 11 is 0. The van der Waals surface area contributed by atoms with Crippen LogP contribution in [-0.4, -0.2) is 31.7 Å². The summed E-state index contributed by atoms with van der Waals surface area (Å²) in [5.74, 6) is -0.236. The number of hydrogen-bond donors (Lipinski definition) is 0. The van der Waals surface area contributed by atoms with Gasteiger partial charge in [-0.1, -0.05) is 30.3 Å². The van der Waals surface area contributed by atoms with Gasteiger partial charge in [0.05, 0.1) is 23.2 Å². The predicted molar refractivity (Wildman–Crippen MR) is 92.0 cm³/mol. The minimum Gasteiger partial charge on any atom is -0.460 e. The maximum Gasteiger partial charge on any atom is 0.376 e. The van der Waals surface area contributed by atoms with Crippen LogP contribution in [0.2, 0.25) is 0 Å². The summed E-state index contributed by atoms with van der Waals surface area (Å²) in [7, 11) is 0. The summed E-state index contributed by atoms with van der Waals surface area (Å²) in [6.07, 6.45) is 0. The number of rotatable bonds is 3. The minimum atomic E-state index is -0.571. The van der Waals surface area contributed by atoms with Gasteiger partial charge in [0.1, 0.15) is 0 Å². The van der Waals surface area contributed by atoms with E-state index >= 15 is 0 Å². The number of para-hydroxylation sites is 2. The van der Waals surface area contributed by atoms with Crippen molar-refractivity contribution in [3.05, 3.63) is 70.8 Å². The monoisotopic (exact) mass is 334 g/mol. The van der Waals surface area contributed by atoms with Crippen LogP contribution in [-0.2, 0) is 4.74 Å². The van der Waals surface area contributed by atoms with E-state index in [4.69, 9.17) is 4.74 Å². The van der Waals surface area contributed by atoms with Crippen LogP contribution in [0.3, 0.4) is 0 Å². The molecule has 0 saturated carbocycles. The van der Waals surface area contributed by atoms with Crippen LogP contribution in [0.4, 0.5) is 0 Å². The molecule has 2 aromatic carbocycles. The molecule has 0 spiro atoms. The summed E-state index contributed by atoms with van der Waals surface area (Å²) < 4.78 is 8.15. The normalized spacial score (nSPS) is 11.1. The highest BCUT2D eigenvalue weighted by Crippen LogP contribution is 2.18. The molecule has 2 aromatic heterocycles. The molecular formula is C18H14N4O3. The number of carbonyl (C=O) groups excluding carboxylic acids is 1. The van der Waals surface area contributed by atoms with Crippen molar-refractivity contribution in [3.63, 3.8) is 0 Å². The van der Waals surface area contributed by atoms with Crippen molar-refractivity contribution in [3.8, 4) is 5.69 Å². The van der Waals surface area contributed by atoms with Crippen LogP contribution in [0.5, 0.6) is 0 Å². The van der Waals surface area contributed by atoms with Gasteiger partial charge >= 0.3 is 5.97 Å². The lowest BCUT2D eigenvalue weighted by atomic mass is 10.2. The average Bonchev–Trinajstić information content (AvgIpc) is 3.02. The van der Waals surface area contributed by atoms with Crippen LogP contribution in [0, 0.1) is 0 Å². The number of nitrogens with zero attached hydrogens (tertiary/aromatic N) is 4. The van der Waals surface area contributed by atoms with Crippen molar-refractivity contribution in [1.29, 1.82) is 0 Å². The van der Waals surface area contributed by atoms with Crippen LogP contribution in [0.25, 0.3) is 22.4 Å². The van der Waals surface area contributed by atoms with E-state index in [0.717, 1.165) is 0 Å². The fourth-order valence-corrected chi connectivity index (χ4v) is 2.76. The van der Waals surface area contributed by atoms with Gasteiger partial charge in [-0.2, -0.15) is 9.67 Å². The molecule has 2 heterocycles. The molecule has 0 unspecified atom stereocenters. The molecule has 0 fully saturated rings. The number of carbonyl (C=O) groups is 1. The van der Waals surface area contributed by atoms with E-state index in [1.165, 1.54) is 4.68 Å². The molecule has 0 bridgehead atoms. The Bertz CT molecular complexity index is 1150. The Hall–Kier alpha value is -3.48. The van der Waals surface area contributed by atoms with Gasteiger partial charge in [0.15, 0.2) is 0 Å². The van der Waals surface area contributed by atoms with Gasteiger partial charge in [0.2, 0.25) is 11.6 Å². The minimum absolute atomic E-state index is 0.0735. The highest BCUT2D eigenvalue weighted by atomic mass is 16.5. The van der Waals surface area contributed by atoms with Crippen molar-refractivity contribution in [1.82, 2.24) is 19.2 Å². The van der Waals surface area contributed by atoms with E-state index in [0.29, 0.717) is 16.6 Å². The third-order valence-electron chi connectivity index (χ3n) is 3.83. The molecule has 25 heavy (non-hydrogen) atoms. The van der Waals surface area contributed by atoms with Crippen molar-refractivity contribution in [2.75, 3.05) is 6.61 Å². The zero-order valence-electron chi connectivity index (χ0n) is 13.4. The molecule has 4 rings (SSSR count). The Labute approximate surface area is 142 Å². The van der Waals surface area contributed by atoms with E-state index in [1.54, 1.807) is 35.6 Å². The van der Waals surface area contributed by atoms with Gasteiger partial charge < -0.3 is 4.74 Å². The lowest BCUT2D eigenvalue weighted by molar-refractivity contribution is 0.0510. The van der Waals surface area contributed by atoms with E-state index in [2.05, 4.69) is 10.1 Å². The Kier molecular flexibility index (Phi) is 3.53. The fraction of sp³-hybridized carbons (Fsp3) is 0.111. The predicted octanol–water partition coefficient (Wildman–Crippen LogP) is 2.21. The van der Waals surface area contributed by atoms with Crippen molar-refractivity contribution in [2.45, 2.75) is 6.92 Å². The van der Waals surface area contributed by atoms with Gasteiger partial charge in [-0.15, -0.1) is 5.10 Å². The molecule has 0 saturated heterocycles. The van der Waals surface area contributed by atoms with Crippen molar-refractivity contribution < 1.29 is 9.53 Å². The lowest BCUT2D eigenvalue weighted by Crippen LogP contribution is -2.14. The number of aromatic nitrogens is 4. The molecule has 124 valence electrons. The topological polar surface area (TPSA) is 78.5 Å². The van der Waals surface area contributed by atoms with Gasteiger partial charge in [-0.25, -0.2) is 4.79 Å². The van der Waals surface area contributed by atoms with Crippen molar-refractivity contribution in [2.24, 2.45) is 0 Å². The van der Waals surface area contributed by atoms with Crippen molar-refractivity contribution >= 4 is 22.6 Å². The smallest absolute Gasteiger partial charge is 0.376 e. The van der Waals surface area contributed by atoms with E-state index in [1.807, 2.05) is 30.3 Å². The molecule has 7 heteroatoms. The van der Waals surface area contributed by atoms with E-state index in [9.17, 15) is 9.59 Å². The van der Waals surface area contributed by atoms with Crippen LogP contribution < -0.4 is 5.56 Å². The Morgan fingerprint density at radius 1 is 1.08 bits per heavy atom. The molecule has 0 aliphatic heterocycles. The van der Waals surface area contributed by atoms with Gasteiger partial charge in [-0.05, 0) is 31.2 Å². The molecule has 0 radical (unpaired) electrons. The van der Waals surface area contributed by atoms with Gasteiger partial charge in [0, 0.05) is 0 Å². The summed E-state index contributed by atoms with van der Waals surface area (Å²) in [6.45, 7) is 1.95. The first-order valence-electron chi connectivity index (χ1n) is 7.84. The highest BCUT2D eigenvalue weighted by Gasteiger charge is 2.22. The number of esters is 1. The van der Waals surface area contributed by atoms with E-state index < -0.39 is 5.97 Å². The molecular weight excluding hydrogens is 320 g/mol. The highest BCUT2D eigenvalue weighted by molar-refractivity contribution is 5.90. The van der Waals surface area contributed by atoms with E-state index in [-0.39, 0.29) is 23.8 Å². The quantitative estimate of drug-likeness (QED) is 0.537. The van der Waals surface area contributed by atoms with Crippen LogP contribution in [0.1, 0.15) is 17.5 Å². The molecule has 0 N–H and O–H groups in total. The number of hydrogen-bond acceptors (Lipinski definition) is 5. The Morgan fingerprint density at radius 3 is 2.56 bits per heavy atom. The first-order valence-corrected chi connectivity index (χ1v) is 7.84. The maximum absolute atomic E-state index is 12.4. The first-order chi connectivity index (χ1) is 12.2. The average molecular weight is 334 g/mol. The zero-order chi connectivity index (χ0) is 17.4. The van der Waals surface area contributed by atoms with Crippen LogP contribution >= 0.6 is 0 Å². The third-order valence-corrected chi connectivity index (χ3v) is 3.83. The Morgan fingerprint density at radius 2 is 1.80 bits per heavy atom. The maximum atomic E-state index is 12.4. The first kappa shape index (κ1) is 15.1. The lowest BCUT2D eigenvalue weighted by Gasteiger charge is -2.04. The molecule has 0 atom stereocenters. The summed E-state index contributed by atoms with van der Waals surface area (Å²) in [4.78, 5) is 28.9. The summed E-state index contributed by atoms with van der Waals surface area (Å²) in [5.41, 5.74) is 0.878. The zero-order valence-corrected chi connectivity index (χ0v) is 13.4. The largest absolute Gasteiger partial charge is 0.460 e. The summed E-state index contributed by atoms with van der Waals surface area (Å²) in [5, 5.41) is 4.79. The second kappa shape index (κ2) is 5.86.